The molecule has 1 unspecified atom stereocenters. The molecule has 0 aliphatic carbocycles. The van der Waals surface area contributed by atoms with Gasteiger partial charge in [-0.25, -0.2) is 8.42 Å². The smallest absolute Gasteiger partial charge is 0.261 e. The van der Waals surface area contributed by atoms with Gasteiger partial charge in [-0.05, 0) is 30.0 Å². The van der Waals surface area contributed by atoms with Gasteiger partial charge in [0.2, 0.25) is 11.8 Å². The number of carbonyl (C=O) groups excluding carboxylic acids is 3. The van der Waals surface area contributed by atoms with Crippen molar-refractivity contribution in [2.24, 2.45) is 0 Å². The van der Waals surface area contributed by atoms with E-state index in [1.165, 1.54) is 17.0 Å². The highest BCUT2D eigenvalue weighted by Crippen LogP contribution is 2.41. The lowest BCUT2D eigenvalue weighted by atomic mass is 10.0. The Labute approximate surface area is 147 Å². The Morgan fingerprint density at radius 2 is 1.92 bits per heavy atom. The lowest BCUT2D eigenvalue weighted by Crippen LogP contribution is -2.53. The quantitative estimate of drug-likeness (QED) is 0.631. The minimum absolute atomic E-state index is 0.133. The van der Waals surface area contributed by atoms with Crippen molar-refractivity contribution in [3.8, 4) is 0 Å². The van der Waals surface area contributed by atoms with Crippen molar-refractivity contribution in [3.05, 3.63) is 35.9 Å². The Morgan fingerprint density at radius 3 is 2.60 bits per heavy atom. The van der Waals surface area contributed by atoms with Crippen LogP contribution < -0.4 is 10.2 Å². The second-order valence-corrected chi connectivity index (χ2v) is 8.49. The summed E-state index contributed by atoms with van der Waals surface area (Å²) in [5.74, 6) is -1.40. The van der Waals surface area contributed by atoms with Gasteiger partial charge in [0.25, 0.3) is 15.0 Å². The molecule has 1 saturated heterocycles. The van der Waals surface area contributed by atoms with Crippen molar-refractivity contribution < 1.29 is 22.8 Å². The molecule has 2 aliphatic heterocycles. The molecule has 1 fully saturated rings. The van der Waals surface area contributed by atoms with E-state index in [4.69, 9.17) is 10.7 Å². The topological polar surface area (TPSA) is 101 Å². The zero-order chi connectivity index (χ0) is 17.9. The zero-order valence-electron chi connectivity index (χ0n) is 12.7. The molecule has 0 spiro atoms. The SMILES string of the molecule is O=C1CCC(N2C(=O)c3cc(S(=O)(=O)Cl)cc4cccc2c34)C(=O)N1. The van der Waals surface area contributed by atoms with Crippen molar-refractivity contribution in [1.82, 2.24) is 5.32 Å². The Kier molecular flexibility index (Phi) is 3.38. The summed E-state index contributed by atoms with van der Waals surface area (Å²) in [6, 6.07) is 6.83. The highest BCUT2D eigenvalue weighted by molar-refractivity contribution is 8.13. The third-order valence-corrected chi connectivity index (χ3v) is 5.77. The van der Waals surface area contributed by atoms with Gasteiger partial charge in [0.15, 0.2) is 0 Å². The maximum absolute atomic E-state index is 12.9. The van der Waals surface area contributed by atoms with Crippen molar-refractivity contribution in [1.29, 1.82) is 0 Å². The van der Waals surface area contributed by atoms with Gasteiger partial charge in [-0.2, -0.15) is 0 Å². The van der Waals surface area contributed by atoms with Gasteiger partial charge in [0, 0.05) is 22.5 Å². The van der Waals surface area contributed by atoms with Crippen LogP contribution in [0.1, 0.15) is 23.2 Å². The summed E-state index contributed by atoms with van der Waals surface area (Å²) in [5, 5.41) is 3.34. The van der Waals surface area contributed by atoms with Gasteiger partial charge in [0.1, 0.15) is 6.04 Å². The second-order valence-electron chi connectivity index (χ2n) is 5.93. The number of hydrogen-bond acceptors (Lipinski definition) is 5. The molecule has 0 bridgehead atoms. The minimum atomic E-state index is -4.01. The number of rotatable bonds is 2. The van der Waals surface area contributed by atoms with E-state index in [-0.39, 0.29) is 29.2 Å². The molecule has 128 valence electrons. The fraction of sp³-hybridized carbons (Fsp3) is 0.188. The molecule has 0 radical (unpaired) electrons. The van der Waals surface area contributed by atoms with E-state index in [2.05, 4.69) is 5.32 Å². The van der Waals surface area contributed by atoms with E-state index in [9.17, 15) is 22.8 Å². The van der Waals surface area contributed by atoms with Crippen LogP contribution in [-0.4, -0.2) is 32.2 Å². The Hall–Kier alpha value is -2.45. The molecule has 2 aromatic carbocycles. The van der Waals surface area contributed by atoms with E-state index >= 15 is 0 Å². The molecular formula is C16H11ClN2O5S. The fourth-order valence-corrected chi connectivity index (χ4v) is 4.16. The van der Waals surface area contributed by atoms with Crippen molar-refractivity contribution in [2.75, 3.05) is 4.90 Å². The van der Waals surface area contributed by atoms with Crippen molar-refractivity contribution >= 4 is 53.9 Å². The number of halogens is 1. The van der Waals surface area contributed by atoms with Crippen LogP contribution in [0.4, 0.5) is 5.69 Å². The first-order chi connectivity index (χ1) is 11.8. The first-order valence-electron chi connectivity index (χ1n) is 7.46. The first-order valence-corrected chi connectivity index (χ1v) is 9.77. The highest BCUT2D eigenvalue weighted by Gasteiger charge is 2.41. The number of carbonyl (C=O) groups is 3. The summed E-state index contributed by atoms with van der Waals surface area (Å²) in [4.78, 5) is 37.6. The fourth-order valence-electron chi connectivity index (χ4n) is 3.37. The molecule has 3 amide bonds. The number of hydrogen-bond donors (Lipinski definition) is 1. The van der Waals surface area contributed by atoms with Crippen LogP contribution in [0, 0.1) is 0 Å². The summed E-state index contributed by atoms with van der Waals surface area (Å²) in [5.41, 5.74) is 0.697. The van der Waals surface area contributed by atoms with Crippen LogP contribution >= 0.6 is 10.7 Å². The molecule has 1 N–H and O–H groups in total. The molecule has 0 saturated carbocycles. The lowest BCUT2D eigenvalue weighted by molar-refractivity contribution is -0.134. The van der Waals surface area contributed by atoms with Crippen LogP contribution in [0.15, 0.2) is 35.2 Å². The monoisotopic (exact) mass is 378 g/mol. The van der Waals surface area contributed by atoms with E-state index in [1.54, 1.807) is 18.2 Å². The average molecular weight is 379 g/mol. The summed E-state index contributed by atoms with van der Waals surface area (Å²) in [6.07, 6.45) is 0.343. The molecule has 1 atom stereocenters. The van der Waals surface area contributed by atoms with Crippen LogP contribution in [0.2, 0.25) is 0 Å². The minimum Gasteiger partial charge on any atom is -0.295 e. The summed E-state index contributed by atoms with van der Waals surface area (Å²) in [6.45, 7) is 0. The summed E-state index contributed by atoms with van der Waals surface area (Å²) >= 11 is 0. The Morgan fingerprint density at radius 1 is 1.16 bits per heavy atom. The van der Waals surface area contributed by atoms with E-state index < -0.39 is 26.9 Å². The summed E-state index contributed by atoms with van der Waals surface area (Å²) in [7, 11) is 1.41. The van der Waals surface area contributed by atoms with Crippen LogP contribution in [0.3, 0.4) is 0 Å². The molecular weight excluding hydrogens is 368 g/mol. The van der Waals surface area contributed by atoms with Crippen LogP contribution in [-0.2, 0) is 18.6 Å². The van der Waals surface area contributed by atoms with Gasteiger partial charge in [0.05, 0.1) is 16.1 Å². The van der Waals surface area contributed by atoms with Crippen LogP contribution in [0.5, 0.6) is 0 Å². The van der Waals surface area contributed by atoms with E-state index in [0.717, 1.165) is 0 Å². The maximum Gasteiger partial charge on any atom is 0.261 e. The lowest BCUT2D eigenvalue weighted by Gasteiger charge is -2.30. The van der Waals surface area contributed by atoms with Crippen LogP contribution in [0.25, 0.3) is 10.8 Å². The molecule has 7 nitrogen and oxygen atoms in total. The van der Waals surface area contributed by atoms with Gasteiger partial charge in [-0.15, -0.1) is 0 Å². The predicted molar refractivity (Wildman–Crippen MR) is 90.0 cm³/mol. The number of amides is 3. The molecule has 2 aromatic rings. The highest BCUT2D eigenvalue weighted by atomic mass is 35.7. The van der Waals surface area contributed by atoms with E-state index in [1.807, 2.05) is 0 Å². The number of nitrogens with zero attached hydrogens (tertiary/aromatic N) is 1. The summed E-state index contributed by atoms with van der Waals surface area (Å²) < 4.78 is 23.4. The van der Waals surface area contributed by atoms with Crippen molar-refractivity contribution in [2.45, 2.75) is 23.8 Å². The Balaban J connectivity index is 1.90. The molecule has 0 aromatic heterocycles. The molecule has 9 heteroatoms. The zero-order valence-corrected chi connectivity index (χ0v) is 14.2. The van der Waals surface area contributed by atoms with Crippen molar-refractivity contribution in [3.63, 3.8) is 0 Å². The average Bonchev–Trinajstić information content (AvgIpc) is 2.81. The second kappa shape index (κ2) is 5.27. The van der Waals surface area contributed by atoms with E-state index in [0.29, 0.717) is 16.5 Å². The van der Waals surface area contributed by atoms with Gasteiger partial charge >= 0.3 is 0 Å². The molecule has 4 rings (SSSR count). The van der Waals surface area contributed by atoms with Gasteiger partial charge in [-0.1, -0.05) is 12.1 Å². The number of imide groups is 1. The number of nitrogens with one attached hydrogen (secondary N) is 1. The number of piperidine rings is 1. The first kappa shape index (κ1) is 16.0. The largest absolute Gasteiger partial charge is 0.295 e. The predicted octanol–water partition coefficient (Wildman–Crippen LogP) is 1.53. The standard InChI is InChI=1S/C16H11ClN2O5S/c17-25(23,24)9-6-8-2-1-3-11-14(8)10(7-9)16(22)19(11)12-4-5-13(20)18-15(12)21/h1-3,6-7,12H,4-5H2,(H,18,20,21). The molecule has 25 heavy (non-hydrogen) atoms. The molecule has 2 aliphatic rings. The maximum atomic E-state index is 12.9. The number of benzene rings is 2. The third-order valence-electron chi connectivity index (χ3n) is 4.44. The molecule has 2 heterocycles. The third kappa shape index (κ3) is 2.40. The van der Waals surface area contributed by atoms with Gasteiger partial charge < -0.3 is 0 Å². The Bertz CT molecular complexity index is 1080. The number of anilines is 1. The normalized spacial score (nSPS) is 20.3. The van der Waals surface area contributed by atoms with Gasteiger partial charge in [-0.3, -0.25) is 24.6 Å².